The van der Waals surface area contributed by atoms with Crippen LogP contribution in [0.15, 0.2) is 24.4 Å². The summed E-state index contributed by atoms with van der Waals surface area (Å²) in [7, 11) is 3.25. The van der Waals surface area contributed by atoms with Crippen LogP contribution in [0.25, 0.3) is 10.9 Å². The van der Waals surface area contributed by atoms with E-state index in [2.05, 4.69) is 16.0 Å². The highest BCUT2D eigenvalue weighted by Crippen LogP contribution is 2.32. The number of amides is 1. The second-order valence-electron chi connectivity index (χ2n) is 6.89. The van der Waals surface area contributed by atoms with E-state index in [1.54, 1.807) is 19.1 Å². The van der Waals surface area contributed by atoms with Crippen LogP contribution in [0.1, 0.15) is 19.8 Å². The van der Waals surface area contributed by atoms with Crippen molar-refractivity contribution >= 4 is 16.8 Å². The first-order valence-corrected chi connectivity index (χ1v) is 9.20. The molecule has 1 aromatic carbocycles. The Morgan fingerprint density at radius 3 is 2.81 bits per heavy atom. The van der Waals surface area contributed by atoms with Gasteiger partial charge in [-0.3, -0.25) is 4.79 Å². The topological polar surface area (TPSA) is 79.5 Å². The highest BCUT2D eigenvalue weighted by molar-refractivity contribution is 5.84. The van der Waals surface area contributed by atoms with Gasteiger partial charge in [0.05, 0.1) is 32.4 Å². The molecule has 0 saturated carbocycles. The minimum atomic E-state index is -0.273. The van der Waals surface area contributed by atoms with Crippen molar-refractivity contribution in [2.75, 3.05) is 27.3 Å². The van der Waals surface area contributed by atoms with Gasteiger partial charge in [0.1, 0.15) is 6.04 Å². The number of carbonyl (C=O) groups is 1. The molecule has 1 unspecified atom stereocenters. The molecule has 1 saturated heterocycles. The smallest absolute Gasteiger partial charge is 0.237 e. The first-order chi connectivity index (χ1) is 13.1. The van der Waals surface area contributed by atoms with E-state index in [1.807, 2.05) is 31.3 Å². The van der Waals surface area contributed by atoms with Gasteiger partial charge in [-0.15, -0.1) is 0 Å². The van der Waals surface area contributed by atoms with Crippen LogP contribution in [-0.2, 0) is 11.3 Å². The van der Waals surface area contributed by atoms with Crippen molar-refractivity contribution in [2.24, 2.45) is 0 Å². The molecule has 0 bridgehead atoms. The van der Waals surface area contributed by atoms with Crippen LogP contribution in [0, 0.1) is 11.3 Å². The van der Waals surface area contributed by atoms with E-state index in [0.717, 1.165) is 23.7 Å². The van der Waals surface area contributed by atoms with Crippen molar-refractivity contribution in [3.8, 4) is 17.6 Å². The molecule has 0 radical (unpaired) electrons. The fraction of sp³-hybridized carbons (Fsp3) is 0.500. The number of ether oxygens (including phenoxy) is 2. The Morgan fingerprint density at radius 2 is 2.11 bits per heavy atom. The van der Waals surface area contributed by atoms with Crippen LogP contribution in [0.2, 0.25) is 0 Å². The summed E-state index contributed by atoms with van der Waals surface area (Å²) < 4.78 is 12.9. The number of rotatable bonds is 7. The predicted molar refractivity (Wildman–Crippen MR) is 103 cm³/mol. The highest BCUT2D eigenvalue weighted by Gasteiger charge is 2.28. The summed E-state index contributed by atoms with van der Waals surface area (Å²) in [5.74, 6) is 1.39. The SMILES string of the molecule is COc1cc2ccn(CC(C)NCC(=O)N3CCC[C@H]3C#N)c2cc1OC. The first-order valence-electron chi connectivity index (χ1n) is 9.20. The summed E-state index contributed by atoms with van der Waals surface area (Å²) >= 11 is 0. The van der Waals surface area contributed by atoms with Gasteiger partial charge in [-0.25, -0.2) is 0 Å². The van der Waals surface area contributed by atoms with E-state index >= 15 is 0 Å². The minimum absolute atomic E-state index is 0.00494. The third-order valence-electron chi connectivity index (χ3n) is 5.07. The lowest BCUT2D eigenvalue weighted by molar-refractivity contribution is -0.130. The Balaban J connectivity index is 1.63. The second kappa shape index (κ2) is 8.31. The summed E-state index contributed by atoms with van der Waals surface area (Å²) in [6.07, 6.45) is 3.70. The molecule has 144 valence electrons. The zero-order chi connectivity index (χ0) is 19.4. The van der Waals surface area contributed by atoms with Crippen LogP contribution in [-0.4, -0.2) is 54.8 Å². The Labute approximate surface area is 159 Å². The fourth-order valence-electron chi connectivity index (χ4n) is 3.60. The molecule has 2 atom stereocenters. The normalized spacial score (nSPS) is 17.7. The number of aromatic nitrogens is 1. The summed E-state index contributed by atoms with van der Waals surface area (Å²) in [6, 6.07) is 8.00. The molecule has 1 aromatic heterocycles. The van der Waals surface area contributed by atoms with Gasteiger partial charge in [-0.2, -0.15) is 5.26 Å². The molecule has 2 heterocycles. The molecule has 1 aliphatic heterocycles. The maximum Gasteiger partial charge on any atom is 0.237 e. The average molecular weight is 370 g/mol. The molecule has 0 aliphatic carbocycles. The van der Waals surface area contributed by atoms with Crippen molar-refractivity contribution in [1.29, 1.82) is 5.26 Å². The van der Waals surface area contributed by atoms with E-state index in [0.29, 0.717) is 24.6 Å². The number of nitrogens with zero attached hydrogens (tertiary/aromatic N) is 3. The van der Waals surface area contributed by atoms with Gasteiger partial charge in [0, 0.05) is 36.8 Å². The zero-order valence-electron chi connectivity index (χ0n) is 16.1. The van der Waals surface area contributed by atoms with Gasteiger partial charge in [-0.1, -0.05) is 0 Å². The molecule has 3 rings (SSSR count). The summed E-state index contributed by atoms with van der Waals surface area (Å²) in [4.78, 5) is 14.0. The number of carbonyl (C=O) groups excluding carboxylic acids is 1. The molecule has 0 spiro atoms. The van der Waals surface area contributed by atoms with Crippen LogP contribution in [0.5, 0.6) is 11.5 Å². The molecule has 2 aromatic rings. The van der Waals surface area contributed by atoms with Crippen molar-refractivity contribution in [1.82, 2.24) is 14.8 Å². The van der Waals surface area contributed by atoms with E-state index in [4.69, 9.17) is 14.7 Å². The van der Waals surface area contributed by atoms with Gasteiger partial charge in [0.15, 0.2) is 11.5 Å². The first kappa shape index (κ1) is 19.1. The number of hydrogen-bond donors (Lipinski definition) is 1. The van der Waals surface area contributed by atoms with E-state index in [-0.39, 0.29) is 24.5 Å². The third-order valence-corrected chi connectivity index (χ3v) is 5.07. The predicted octanol–water partition coefficient (Wildman–Crippen LogP) is 2.15. The maximum absolute atomic E-state index is 12.4. The molecular formula is C20H26N4O3. The molecule has 1 fully saturated rings. The summed E-state index contributed by atoms with van der Waals surface area (Å²) in [5, 5.41) is 13.5. The van der Waals surface area contributed by atoms with E-state index in [1.165, 1.54) is 0 Å². The summed E-state index contributed by atoms with van der Waals surface area (Å²) in [5.41, 5.74) is 1.05. The molecule has 1 N–H and O–H groups in total. The van der Waals surface area contributed by atoms with Crippen LogP contribution < -0.4 is 14.8 Å². The zero-order valence-corrected chi connectivity index (χ0v) is 16.1. The van der Waals surface area contributed by atoms with Gasteiger partial charge in [0.2, 0.25) is 5.91 Å². The fourth-order valence-corrected chi connectivity index (χ4v) is 3.60. The molecule has 7 heteroatoms. The largest absolute Gasteiger partial charge is 0.493 e. The van der Waals surface area contributed by atoms with Crippen molar-refractivity contribution in [2.45, 2.75) is 38.4 Å². The summed E-state index contributed by atoms with van der Waals surface area (Å²) in [6.45, 7) is 3.69. The van der Waals surface area contributed by atoms with Gasteiger partial charge in [0.25, 0.3) is 0 Å². The third kappa shape index (κ3) is 4.01. The number of nitrogens with one attached hydrogen (secondary N) is 1. The molecule has 7 nitrogen and oxygen atoms in total. The highest BCUT2D eigenvalue weighted by atomic mass is 16.5. The Morgan fingerprint density at radius 1 is 1.37 bits per heavy atom. The molecular weight excluding hydrogens is 344 g/mol. The van der Waals surface area contributed by atoms with Crippen LogP contribution in [0.4, 0.5) is 0 Å². The maximum atomic E-state index is 12.4. The van der Waals surface area contributed by atoms with Gasteiger partial charge >= 0.3 is 0 Å². The lowest BCUT2D eigenvalue weighted by atomic mass is 10.2. The van der Waals surface area contributed by atoms with E-state index < -0.39 is 0 Å². The number of benzene rings is 1. The second-order valence-corrected chi connectivity index (χ2v) is 6.89. The van der Waals surface area contributed by atoms with Crippen molar-refractivity contribution in [3.63, 3.8) is 0 Å². The van der Waals surface area contributed by atoms with Crippen LogP contribution >= 0.6 is 0 Å². The number of fused-ring (bicyclic) bond motifs is 1. The lowest BCUT2D eigenvalue weighted by Gasteiger charge is -2.22. The lowest BCUT2D eigenvalue weighted by Crippen LogP contribution is -2.43. The monoisotopic (exact) mass is 370 g/mol. The Hall–Kier alpha value is -2.72. The number of hydrogen-bond acceptors (Lipinski definition) is 5. The van der Waals surface area contributed by atoms with Crippen LogP contribution in [0.3, 0.4) is 0 Å². The molecule has 1 aliphatic rings. The Kier molecular flexibility index (Phi) is 5.87. The average Bonchev–Trinajstić information content (AvgIpc) is 3.31. The Bertz CT molecular complexity index is 855. The number of likely N-dealkylation sites (tertiary alicyclic amines) is 1. The number of nitriles is 1. The van der Waals surface area contributed by atoms with Gasteiger partial charge in [-0.05, 0) is 31.9 Å². The van der Waals surface area contributed by atoms with Crippen molar-refractivity contribution < 1.29 is 14.3 Å². The minimum Gasteiger partial charge on any atom is -0.493 e. The standard InChI is InChI=1S/C20H26N4O3/c1-14(22-12-20(25)24-7-4-5-16(24)11-21)13-23-8-6-15-9-18(26-2)19(27-3)10-17(15)23/h6,8-10,14,16,22H,4-5,7,12-13H2,1-3H3/t14?,16-/m0/s1. The van der Waals surface area contributed by atoms with E-state index in [9.17, 15) is 4.79 Å². The van der Waals surface area contributed by atoms with Crippen molar-refractivity contribution in [3.05, 3.63) is 24.4 Å². The van der Waals surface area contributed by atoms with Gasteiger partial charge < -0.3 is 24.3 Å². The number of methoxy groups -OCH3 is 2. The molecule has 1 amide bonds. The quantitative estimate of drug-likeness (QED) is 0.808. The molecule has 27 heavy (non-hydrogen) atoms.